The van der Waals surface area contributed by atoms with E-state index in [9.17, 15) is 8.78 Å². The van der Waals surface area contributed by atoms with E-state index >= 15 is 17.6 Å². The summed E-state index contributed by atoms with van der Waals surface area (Å²) in [6, 6.07) is 9.76. The first-order chi connectivity index (χ1) is 16.9. The third-order valence-corrected chi connectivity index (χ3v) is 9.04. The molecule has 4 aromatic heterocycles. The van der Waals surface area contributed by atoms with Gasteiger partial charge in [-0.2, -0.15) is 26.3 Å². The Bertz CT molecular complexity index is 1430. The molecule has 0 saturated carbocycles. The lowest BCUT2D eigenvalue weighted by Gasteiger charge is -2.26. The van der Waals surface area contributed by atoms with E-state index in [1.54, 1.807) is 58.2 Å². The summed E-state index contributed by atoms with van der Waals surface area (Å²) < 4.78 is 94.1. The third-order valence-electron chi connectivity index (χ3n) is 6.67. The van der Waals surface area contributed by atoms with Crippen LogP contribution in [-0.4, -0.2) is 17.8 Å². The molecule has 0 unspecified atom stereocenters. The minimum absolute atomic E-state index is 0.103. The molecule has 0 amide bonds. The van der Waals surface area contributed by atoms with Gasteiger partial charge >= 0.3 is 17.8 Å². The summed E-state index contributed by atoms with van der Waals surface area (Å²) >= 11 is 2.33. The number of alkyl halides is 6. The molecule has 6 rings (SSSR count). The highest BCUT2D eigenvalue weighted by molar-refractivity contribution is 7.17. The van der Waals surface area contributed by atoms with Crippen LogP contribution in [-0.2, 0) is 20.5 Å². The van der Waals surface area contributed by atoms with Crippen molar-refractivity contribution in [1.82, 2.24) is 0 Å². The van der Waals surface area contributed by atoms with E-state index in [0.29, 0.717) is 30.6 Å². The first kappa shape index (κ1) is 23.4. The van der Waals surface area contributed by atoms with Gasteiger partial charge in [0.05, 0.1) is 0 Å². The highest BCUT2D eigenvalue weighted by Gasteiger charge is 2.80. The zero-order chi connectivity index (χ0) is 25.6. The van der Waals surface area contributed by atoms with Gasteiger partial charge in [0.1, 0.15) is 14.1 Å². The Balaban J connectivity index is 1.62. The number of aryl methyl sites for hydroxylation is 2. The van der Waals surface area contributed by atoms with E-state index in [1.807, 2.05) is 14.1 Å². The molecule has 0 bridgehead atoms. The maximum absolute atomic E-state index is 15.3. The van der Waals surface area contributed by atoms with Crippen molar-refractivity contribution in [3.63, 3.8) is 0 Å². The van der Waals surface area contributed by atoms with Crippen molar-refractivity contribution >= 4 is 33.8 Å². The lowest BCUT2D eigenvalue weighted by molar-refractivity contribution is -0.671. The maximum atomic E-state index is 15.3. The van der Waals surface area contributed by atoms with Crippen LogP contribution < -0.4 is 9.13 Å². The summed E-state index contributed by atoms with van der Waals surface area (Å²) in [5.74, 6) is -15.6. The normalized spacial score (nSPS) is 19.0. The molecule has 2 aliphatic carbocycles. The number of fused-ring (bicyclic) bond motifs is 4. The number of hydrogen-bond donors (Lipinski definition) is 0. The number of pyridine rings is 2. The minimum Gasteiger partial charge on any atom is -0.208 e. The van der Waals surface area contributed by atoms with Crippen LogP contribution in [0.4, 0.5) is 26.3 Å². The second kappa shape index (κ2) is 7.52. The predicted molar refractivity (Wildman–Crippen MR) is 126 cm³/mol. The molecule has 184 valence electrons. The zero-order valence-electron chi connectivity index (χ0n) is 19.0. The molecule has 2 nitrogen and oxygen atoms in total. The summed E-state index contributed by atoms with van der Waals surface area (Å²) in [4.78, 5) is 1.84. The SMILES string of the molecule is C[n+]1ccc(-c2cc3c(s2)Cc2sc(-c4cc[n+](C)cc4)cc2C2=C3C(F)(F)C(F)(F)C2(F)F)cc1. The maximum Gasteiger partial charge on any atom is 0.380 e. The van der Waals surface area contributed by atoms with Crippen molar-refractivity contribution in [3.05, 3.63) is 82.1 Å². The predicted octanol–water partition coefficient (Wildman–Crippen LogP) is 6.53. The number of hydrogen-bond acceptors (Lipinski definition) is 2. The molecule has 0 spiro atoms. The van der Waals surface area contributed by atoms with Crippen molar-refractivity contribution in [2.24, 2.45) is 14.1 Å². The van der Waals surface area contributed by atoms with Gasteiger partial charge in [0.2, 0.25) is 0 Å². The molecular formula is C26H18F6N2S2+2. The number of halogens is 6. The van der Waals surface area contributed by atoms with E-state index in [4.69, 9.17) is 0 Å². The molecule has 36 heavy (non-hydrogen) atoms. The Morgan fingerprint density at radius 1 is 0.639 bits per heavy atom. The second-order valence-corrected chi connectivity index (χ2v) is 11.3. The van der Waals surface area contributed by atoms with Crippen molar-refractivity contribution in [2.75, 3.05) is 0 Å². The highest BCUT2D eigenvalue weighted by Crippen LogP contribution is 2.67. The number of aromatic nitrogens is 2. The highest BCUT2D eigenvalue weighted by atomic mass is 32.1. The molecule has 2 aliphatic rings. The number of allylic oxidation sites excluding steroid dienone is 2. The van der Waals surface area contributed by atoms with Gasteiger partial charge in [0.15, 0.2) is 24.8 Å². The zero-order valence-corrected chi connectivity index (χ0v) is 20.6. The molecule has 0 saturated heterocycles. The molecule has 10 heteroatoms. The minimum atomic E-state index is -5.55. The fourth-order valence-electron chi connectivity index (χ4n) is 4.74. The smallest absolute Gasteiger partial charge is 0.208 e. The van der Waals surface area contributed by atoms with E-state index in [1.165, 1.54) is 12.1 Å². The summed E-state index contributed by atoms with van der Waals surface area (Å²) in [6.07, 6.45) is 7.16. The standard InChI is InChI=1S/C26H18F6N2S2/c1-33-7-3-14(4-8-33)18-11-16-20(35-18)13-21-17(12-19(36-21)15-5-9-34(2)10-6-15)23-22(16)24(27,28)26(31,32)25(23,29)30/h3-12H,13H2,1-2H3/q+2. The van der Waals surface area contributed by atoms with Gasteiger partial charge in [-0.15, -0.1) is 22.7 Å². The Hall–Kier alpha value is -2.98. The van der Waals surface area contributed by atoms with Crippen molar-refractivity contribution in [3.8, 4) is 20.9 Å². The molecule has 0 radical (unpaired) electrons. The average molecular weight is 537 g/mol. The van der Waals surface area contributed by atoms with Crippen LogP contribution in [0, 0.1) is 0 Å². The Kier molecular flexibility index (Phi) is 4.89. The van der Waals surface area contributed by atoms with Gasteiger partial charge in [-0.05, 0) is 23.3 Å². The van der Waals surface area contributed by atoms with E-state index in [2.05, 4.69) is 0 Å². The molecule has 0 N–H and O–H groups in total. The molecular weight excluding hydrogens is 518 g/mol. The molecule has 0 fully saturated rings. The third kappa shape index (κ3) is 3.10. The van der Waals surface area contributed by atoms with Crippen LogP contribution in [0.15, 0.2) is 61.2 Å². The number of rotatable bonds is 2. The van der Waals surface area contributed by atoms with Gasteiger partial charge in [-0.25, -0.2) is 9.13 Å². The van der Waals surface area contributed by atoms with Crippen LogP contribution in [0.3, 0.4) is 0 Å². The summed E-state index contributed by atoms with van der Waals surface area (Å²) in [6.45, 7) is 0. The average Bonchev–Trinajstić information content (AvgIpc) is 3.42. The number of nitrogens with zero attached hydrogens (tertiary/aromatic N) is 2. The van der Waals surface area contributed by atoms with Crippen molar-refractivity contribution in [2.45, 2.75) is 24.2 Å². The van der Waals surface area contributed by atoms with Crippen LogP contribution in [0.1, 0.15) is 20.9 Å². The van der Waals surface area contributed by atoms with Gasteiger partial charge in [0.25, 0.3) is 0 Å². The van der Waals surface area contributed by atoms with Crippen LogP contribution in [0.5, 0.6) is 0 Å². The molecule has 0 atom stereocenters. The summed E-state index contributed by atoms with van der Waals surface area (Å²) in [5, 5.41) is 0. The van der Waals surface area contributed by atoms with Crippen LogP contribution in [0.25, 0.3) is 32.0 Å². The first-order valence-electron chi connectivity index (χ1n) is 11.0. The number of thiophene rings is 2. The van der Waals surface area contributed by atoms with E-state index in [-0.39, 0.29) is 17.5 Å². The van der Waals surface area contributed by atoms with Crippen LogP contribution in [0.2, 0.25) is 0 Å². The molecule has 0 aromatic carbocycles. The molecule has 4 heterocycles. The fraction of sp³-hybridized carbons (Fsp3) is 0.231. The van der Waals surface area contributed by atoms with E-state index in [0.717, 1.165) is 22.7 Å². The Labute approximate surface area is 210 Å². The molecule has 4 aromatic rings. The Morgan fingerprint density at radius 3 is 1.36 bits per heavy atom. The fourth-order valence-corrected chi connectivity index (χ4v) is 7.20. The summed E-state index contributed by atoms with van der Waals surface area (Å²) in [5.41, 5.74) is -1.60. The van der Waals surface area contributed by atoms with Crippen LogP contribution >= 0.6 is 22.7 Å². The monoisotopic (exact) mass is 536 g/mol. The van der Waals surface area contributed by atoms with Gasteiger partial charge in [0, 0.05) is 72.5 Å². The van der Waals surface area contributed by atoms with Gasteiger partial charge in [-0.1, -0.05) is 0 Å². The lowest BCUT2D eigenvalue weighted by atomic mass is 9.97. The quantitative estimate of drug-likeness (QED) is 0.203. The summed E-state index contributed by atoms with van der Waals surface area (Å²) in [7, 11) is 3.63. The van der Waals surface area contributed by atoms with Crippen molar-refractivity contribution < 1.29 is 35.5 Å². The first-order valence-corrected chi connectivity index (χ1v) is 12.6. The van der Waals surface area contributed by atoms with E-state index < -0.39 is 28.9 Å². The molecule has 0 aliphatic heterocycles. The topological polar surface area (TPSA) is 7.76 Å². The Morgan fingerprint density at radius 2 is 1.00 bits per heavy atom. The van der Waals surface area contributed by atoms with Crippen molar-refractivity contribution in [1.29, 1.82) is 0 Å². The second-order valence-electron chi connectivity index (χ2n) is 9.05. The van der Waals surface area contributed by atoms with Gasteiger partial charge < -0.3 is 0 Å². The van der Waals surface area contributed by atoms with Gasteiger partial charge in [-0.3, -0.25) is 0 Å². The largest absolute Gasteiger partial charge is 0.380 e. The lowest BCUT2D eigenvalue weighted by Crippen LogP contribution is -2.49.